The van der Waals surface area contributed by atoms with E-state index in [1.54, 1.807) is 4.90 Å². The topological polar surface area (TPSA) is 124 Å². The van der Waals surface area contributed by atoms with Gasteiger partial charge in [0.05, 0.1) is 30.3 Å². The van der Waals surface area contributed by atoms with E-state index in [-0.39, 0.29) is 24.0 Å². The van der Waals surface area contributed by atoms with Crippen molar-refractivity contribution in [2.45, 2.75) is 13.0 Å². The molecule has 1 unspecified atom stereocenters. The predicted octanol–water partition coefficient (Wildman–Crippen LogP) is -0.0867. The number of rotatable bonds is 4. The Kier molecular flexibility index (Phi) is 4.53. The molecule has 1 aliphatic heterocycles. The van der Waals surface area contributed by atoms with E-state index in [0.717, 1.165) is 0 Å². The van der Waals surface area contributed by atoms with Crippen LogP contribution in [0.4, 0.5) is 17.3 Å². The molecule has 0 saturated carbocycles. The number of anilines is 2. The molecule has 9 heteroatoms. The Labute approximate surface area is 121 Å². The summed E-state index contributed by atoms with van der Waals surface area (Å²) in [5, 5.41) is 13.6. The molecule has 0 bridgehead atoms. The van der Waals surface area contributed by atoms with Crippen LogP contribution in [-0.4, -0.2) is 48.2 Å². The van der Waals surface area contributed by atoms with E-state index < -0.39 is 11.0 Å². The van der Waals surface area contributed by atoms with Crippen molar-refractivity contribution in [2.24, 2.45) is 0 Å². The lowest BCUT2D eigenvalue weighted by atomic mass is 10.2. The number of ether oxygens (including phenoxy) is 1. The van der Waals surface area contributed by atoms with Crippen LogP contribution >= 0.6 is 0 Å². The maximum Gasteiger partial charge on any atom is 0.276 e. The quantitative estimate of drug-likeness (QED) is 0.587. The average molecular weight is 295 g/mol. The molecule has 0 spiro atoms. The molecule has 0 radical (unpaired) electrons. The van der Waals surface area contributed by atoms with Crippen LogP contribution in [-0.2, 0) is 9.53 Å². The van der Waals surface area contributed by atoms with Gasteiger partial charge in [-0.05, 0) is 6.92 Å². The summed E-state index contributed by atoms with van der Waals surface area (Å²) in [6, 6.07) is 1.92. The number of morpholine rings is 1. The SMILES string of the molecule is CCNC(=O)C1COCCN1c1cc([N+](=O)[O-])cc(N)n1. The summed E-state index contributed by atoms with van der Waals surface area (Å²) in [4.78, 5) is 28.2. The minimum atomic E-state index is -0.576. The fraction of sp³-hybridized carbons (Fsp3) is 0.500. The van der Waals surface area contributed by atoms with Gasteiger partial charge >= 0.3 is 0 Å². The molecule has 0 aromatic carbocycles. The van der Waals surface area contributed by atoms with Crippen molar-refractivity contribution in [2.75, 3.05) is 36.9 Å². The van der Waals surface area contributed by atoms with Crippen molar-refractivity contribution in [3.05, 3.63) is 22.2 Å². The molecule has 1 saturated heterocycles. The van der Waals surface area contributed by atoms with E-state index in [9.17, 15) is 14.9 Å². The number of amides is 1. The zero-order valence-electron chi connectivity index (χ0n) is 11.6. The van der Waals surface area contributed by atoms with Crippen LogP contribution in [0.25, 0.3) is 0 Å². The Morgan fingerprint density at radius 1 is 1.67 bits per heavy atom. The first-order chi connectivity index (χ1) is 10.0. The second-order valence-electron chi connectivity index (χ2n) is 4.54. The van der Waals surface area contributed by atoms with Crippen LogP contribution in [0.1, 0.15) is 6.92 Å². The number of nitrogen functional groups attached to an aromatic ring is 1. The molecule has 114 valence electrons. The Morgan fingerprint density at radius 2 is 2.43 bits per heavy atom. The molecule has 21 heavy (non-hydrogen) atoms. The molecular formula is C12H17N5O4. The van der Waals surface area contributed by atoms with Gasteiger partial charge in [0, 0.05) is 13.1 Å². The highest BCUT2D eigenvalue weighted by Gasteiger charge is 2.31. The van der Waals surface area contributed by atoms with Gasteiger partial charge in [0.2, 0.25) is 5.91 Å². The minimum Gasteiger partial charge on any atom is -0.383 e. The van der Waals surface area contributed by atoms with E-state index in [2.05, 4.69) is 10.3 Å². The van der Waals surface area contributed by atoms with Crippen LogP contribution in [0.5, 0.6) is 0 Å². The Morgan fingerprint density at radius 3 is 3.10 bits per heavy atom. The van der Waals surface area contributed by atoms with E-state index in [0.29, 0.717) is 25.5 Å². The second kappa shape index (κ2) is 6.35. The molecule has 0 aliphatic carbocycles. The number of nitrogens with one attached hydrogen (secondary N) is 1. The van der Waals surface area contributed by atoms with Crippen LogP contribution in [0.2, 0.25) is 0 Å². The predicted molar refractivity (Wildman–Crippen MR) is 75.9 cm³/mol. The molecule has 2 rings (SSSR count). The number of nitrogens with two attached hydrogens (primary N) is 1. The monoisotopic (exact) mass is 295 g/mol. The molecular weight excluding hydrogens is 278 g/mol. The maximum absolute atomic E-state index is 12.1. The summed E-state index contributed by atoms with van der Waals surface area (Å²) >= 11 is 0. The number of nitrogens with zero attached hydrogens (tertiary/aromatic N) is 3. The number of aromatic nitrogens is 1. The number of nitro groups is 1. The van der Waals surface area contributed by atoms with Crippen molar-refractivity contribution in [1.82, 2.24) is 10.3 Å². The van der Waals surface area contributed by atoms with Gasteiger partial charge in [-0.25, -0.2) is 4.98 Å². The average Bonchev–Trinajstić information content (AvgIpc) is 2.46. The molecule has 2 heterocycles. The van der Waals surface area contributed by atoms with Gasteiger partial charge in [0.1, 0.15) is 17.7 Å². The first-order valence-corrected chi connectivity index (χ1v) is 6.57. The van der Waals surface area contributed by atoms with E-state index in [1.807, 2.05) is 6.92 Å². The van der Waals surface area contributed by atoms with Crippen molar-refractivity contribution in [3.8, 4) is 0 Å². The Balaban J connectivity index is 2.32. The normalized spacial score (nSPS) is 18.3. The number of hydrogen-bond acceptors (Lipinski definition) is 7. The van der Waals surface area contributed by atoms with Crippen LogP contribution in [0, 0.1) is 10.1 Å². The number of likely N-dealkylation sites (N-methyl/N-ethyl adjacent to an activating group) is 1. The van der Waals surface area contributed by atoms with Crippen molar-refractivity contribution in [1.29, 1.82) is 0 Å². The summed E-state index contributed by atoms with van der Waals surface area (Å²) in [5.41, 5.74) is 5.46. The second-order valence-corrected chi connectivity index (χ2v) is 4.54. The van der Waals surface area contributed by atoms with Crippen LogP contribution in [0.15, 0.2) is 12.1 Å². The first kappa shape index (κ1) is 15.0. The number of hydrogen-bond donors (Lipinski definition) is 2. The number of pyridine rings is 1. The highest BCUT2D eigenvalue weighted by atomic mass is 16.6. The third-order valence-corrected chi connectivity index (χ3v) is 3.10. The third-order valence-electron chi connectivity index (χ3n) is 3.10. The standard InChI is InChI=1S/C12H17N5O4/c1-2-14-12(18)9-7-21-4-3-16(9)11-6-8(17(19)20)5-10(13)15-11/h5-6,9H,2-4,7H2,1H3,(H2,13,15)(H,14,18). The van der Waals surface area contributed by atoms with Gasteiger partial charge in [-0.2, -0.15) is 0 Å². The summed E-state index contributed by atoms with van der Waals surface area (Å²) in [6.45, 7) is 3.34. The maximum atomic E-state index is 12.1. The first-order valence-electron chi connectivity index (χ1n) is 6.57. The molecule has 9 nitrogen and oxygen atoms in total. The molecule has 1 aromatic heterocycles. The largest absolute Gasteiger partial charge is 0.383 e. The van der Waals surface area contributed by atoms with Gasteiger partial charge in [0.15, 0.2) is 0 Å². The third kappa shape index (κ3) is 3.37. The van der Waals surface area contributed by atoms with Crippen LogP contribution in [0.3, 0.4) is 0 Å². The molecule has 3 N–H and O–H groups in total. The molecule has 1 amide bonds. The van der Waals surface area contributed by atoms with E-state index in [4.69, 9.17) is 10.5 Å². The molecule has 1 aliphatic rings. The van der Waals surface area contributed by atoms with Gasteiger partial charge < -0.3 is 20.7 Å². The van der Waals surface area contributed by atoms with Gasteiger partial charge in [-0.3, -0.25) is 14.9 Å². The fourth-order valence-corrected chi connectivity index (χ4v) is 2.16. The van der Waals surface area contributed by atoms with E-state index in [1.165, 1.54) is 12.1 Å². The summed E-state index contributed by atoms with van der Waals surface area (Å²) < 4.78 is 5.31. The van der Waals surface area contributed by atoms with E-state index >= 15 is 0 Å². The highest BCUT2D eigenvalue weighted by Crippen LogP contribution is 2.24. The van der Waals surface area contributed by atoms with Gasteiger partial charge in [0.25, 0.3) is 5.69 Å². The zero-order valence-corrected chi connectivity index (χ0v) is 11.6. The summed E-state index contributed by atoms with van der Waals surface area (Å²) in [5.74, 6) is 0.144. The molecule has 1 fully saturated rings. The smallest absolute Gasteiger partial charge is 0.276 e. The molecule has 1 aromatic rings. The Bertz CT molecular complexity index is 550. The minimum absolute atomic E-state index is 0.0420. The summed E-state index contributed by atoms with van der Waals surface area (Å²) in [7, 11) is 0. The lowest BCUT2D eigenvalue weighted by molar-refractivity contribution is -0.384. The number of carbonyl (C=O) groups is 1. The fourth-order valence-electron chi connectivity index (χ4n) is 2.16. The highest BCUT2D eigenvalue weighted by molar-refractivity contribution is 5.85. The lowest BCUT2D eigenvalue weighted by Crippen LogP contribution is -2.54. The van der Waals surface area contributed by atoms with Gasteiger partial charge in [-0.1, -0.05) is 0 Å². The lowest BCUT2D eigenvalue weighted by Gasteiger charge is -2.35. The van der Waals surface area contributed by atoms with Gasteiger partial charge in [-0.15, -0.1) is 0 Å². The van der Waals surface area contributed by atoms with Crippen molar-refractivity contribution in [3.63, 3.8) is 0 Å². The van der Waals surface area contributed by atoms with Crippen molar-refractivity contribution < 1.29 is 14.5 Å². The summed E-state index contributed by atoms with van der Waals surface area (Å²) in [6.07, 6.45) is 0. The molecule has 1 atom stereocenters. The zero-order chi connectivity index (χ0) is 15.4. The van der Waals surface area contributed by atoms with Crippen LogP contribution < -0.4 is 16.0 Å². The number of carbonyl (C=O) groups excluding carboxylic acids is 1. The van der Waals surface area contributed by atoms with Crippen molar-refractivity contribution >= 4 is 23.2 Å². The Hall–Kier alpha value is -2.42.